The zero-order valence-corrected chi connectivity index (χ0v) is 19.2. The summed E-state index contributed by atoms with van der Waals surface area (Å²) in [5, 5.41) is 11.4. The minimum atomic E-state index is 0.588. The van der Waals surface area contributed by atoms with E-state index in [9.17, 15) is 5.26 Å². The Hall–Kier alpha value is -3.26. The third-order valence-corrected chi connectivity index (χ3v) is 6.23. The van der Waals surface area contributed by atoms with Gasteiger partial charge < -0.3 is 4.74 Å². The number of hydrogen-bond donors (Lipinski definition) is 0. The van der Waals surface area contributed by atoms with Crippen LogP contribution in [-0.4, -0.2) is 11.6 Å². The minimum Gasteiger partial charge on any atom is -0.494 e. The molecule has 0 saturated carbocycles. The second kappa shape index (κ2) is 10.4. The van der Waals surface area contributed by atoms with E-state index in [1.165, 1.54) is 0 Å². The Labute approximate surface area is 197 Å². The van der Waals surface area contributed by atoms with Crippen molar-refractivity contribution in [2.24, 2.45) is 0 Å². The maximum Gasteiger partial charge on any atom is 0.119 e. The lowest BCUT2D eigenvalue weighted by atomic mass is 9.99. The van der Waals surface area contributed by atoms with E-state index >= 15 is 0 Å². The molecule has 0 aliphatic carbocycles. The number of hydrogen-bond acceptors (Lipinski definition) is 4. The zero-order valence-electron chi connectivity index (χ0n) is 17.6. The lowest BCUT2D eigenvalue weighted by molar-refractivity contribution is 0.340. The van der Waals surface area contributed by atoms with E-state index in [2.05, 4.69) is 6.07 Å². The third kappa shape index (κ3) is 5.13. The Morgan fingerprint density at radius 2 is 1.66 bits per heavy atom. The minimum absolute atomic E-state index is 0.588. The van der Waals surface area contributed by atoms with Crippen LogP contribution in [0.25, 0.3) is 22.4 Å². The molecule has 0 fully saturated rings. The summed E-state index contributed by atoms with van der Waals surface area (Å²) in [5.41, 5.74) is 5.38. The third-order valence-electron chi connectivity index (χ3n) is 4.93. The SMILES string of the molecule is CCOc1ccc(-c2cc(-c3ccccc3)c(C#N)c(SCc3ccc(Cl)cc3)n2)cc1. The van der Waals surface area contributed by atoms with Crippen LogP contribution in [0, 0.1) is 11.3 Å². The van der Waals surface area contributed by atoms with Crippen LogP contribution in [0.5, 0.6) is 5.75 Å². The van der Waals surface area contributed by atoms with Gasteiger partial charge in [0.25, 0.3) is 0 Å². The van der Waals surface area contributed by atoms with Crippen molar-refractivity contribution in [1.29, 1.82) is 5.26 Å². The van der Waals surface area contributed by atoms with Crippen molar-refractivity contribution in [3.63, 3.8) is 0 Å². The summed E-state index contributed by atoms with van der Waals surface area (Å²) in [5.74, 6) is 1.52. The maximum atomic E-state index is 10.0. The van der Waals surface area contributed by atoms with E-state index in [1.807, 2.05) is 91.9 Å². The van der Waals surface area contributed by atoms with Gasteiger partial charge in [-0.25, -0.2) is 4.98 Å². The molecule has 0 aliphatic rings. The average molecular weight is 457 g/mol. The summed E-state index contributed by atoms with van der Waals surface area (Å²) in [4.78, 5) is 4.88. The van der Waals surface area contributed by atoms with Crippen molar-refractivity contribution in [2.75, 3.05) is 6.61 Å². The summed E-state index contributed by atoms with van der Waals surface area (Å²) in [6.07, 6.45) is 0. The lowest BCUT2D eigenvalue weighted by Gasteiger charge is -2.13. The van der Waals surface area contributed by atoms with E-state index < -0.39 is 0 Å². The monoisotopic (exact) mass is 456 g/mol. The fraction of sp³-hybridized carbons (Fsp3) is 0.111. The molecule has 0 bridgehead atoms. The summed E-state index contributed by atoms with van der Waals surface area (Å²) in [6.45, 7) is 2.59. The number of pyridine rings is 1. The number of aromatic nitrogens is 1. The highest BCUT2D eigenvalue weighted by molar-refractivity contribution is 7.98. The Bertz CT molecular complexity index is 1230. The Morgan fingerprint density at radius 1 is 0.938 bits per heavy atom. The van der Waals surface area contributed by atoms with E-state index in [0.717, 1.165) is 33.7 Å². The van der Waals surface area contributed by atoms with Crippen LogP contribution in [0.3, 0.4) is 0 Å². The van der Waals surface area contributed by atoms with E-state index in [0.29, 0.717) is 28.0 Å². The molecule has 4 rings (SSSR count). The number of nitrogens with zero attached hydrogens (tertiary/aromatic N) is 2. The van der Waals surface area contributed by atoms with Gasteiger partial charge in [0.15, 0.2) is 0 Å². The largest absolute Gasteiger partial charge is 0.494 e. The Kier molecular flexibility index (Phi) is 7.11. The Morgan fingerprint density at radius 3 is 2.31 bits per heavy atom. The topological polar surface area (TPSA) is 45.9 Å². The van der Waals surface area contributed by atoms with Crippen LogP contribution in [0.2, 0.25) is 5.02 Å². The molecule has 4 aromatic rings. The summed E-state index contributed by atoms with van der Waals surface area (Å²) in [7, 11) is 0. The average Bonchev–Trinajstić information content (AvgIpc) is 2.84. The first-order valence-electron chi connectivity index (χ1n) is 10.3. The molecule has 1 aromatic heterocycles. The molecule has 158 valence electrons. The van der Waals surface area contributed by atoms with Gasteiger partial charge in [-0.1, -0.05) is 54.1 Å². The summed E-state index contributed by atoms with van der Waals surface area (Å²) >= 11 is 7.57. The normalized spacial score (nSPS) is 10.5. The highest BCUT2D eigenvalue weighted by atomic mass is 35.5. The van der Waals surface area contributed by atoms with Gasteiger partial charge in [0, 0.05) is 21.9 Å². The van der Waals surface area contributed by atoms with Crippen LogP contribution < -0.4 is 4.74 Å². The van der Waals surface area contributed by atoms with Gasteiger partial charge in [0.05, 0.1) is 17.9 Å². The van der Waals surface area contributed by atoms with Crippen molar-refractivity contribution in [3.05, 3.63) is 101 Å². The number of thioether (sulfide) groups is 1. The molecule has 0 N–H and O–H groups in total. The van der Waals surface area contributed by atoms with Gasteiger partial charge in [0.2, 0.25) is 0 Å². The molecule has 3 nitrogen and oxygen atoms in total. The molecule has 0 radical (unpaired) electrons. The van der Waals surface area contributed by atoms with Crippen LogP contribution in [0.1, 0.15) is 18.1 Å². The fourth-order valence-electron chi connectivity index (χ4n) is 3.35. The maximum absolute atomic E-state index is 10.0. The van der Waals surface area contributed by atoms with Crippen molar-refractivity contribution >= 4 is 23.4 Å². The highest BCUT2D eigenvalue weighted by Crippen LogP contribution is 2.35. The second-order valence-corrected chi connectivity index (χ2v) is 8.49. The number of benzene rings is 3. The van der Waals surface area contributed by atoms with Gasteiger partial charge in [-0.15, -0.1) is 11.8 Å². The predicted molar refractivity (Wildman–Crippen MR) is 132 cm³/mol. The standard InChI is InChI=1S/C27H21ClN2OS/c1-2-31-23-14-10-21(11-15-23)26-16-24(20-6-4-3-5-7-20)25(17-29)27(30-26)32-18-19-8-12-22(28)13-9-19/h3-16H,2,18H2,1H3. The number of ether oxygens (including phenoxy) is 1. The van der Waals surface area contributed by atoms with Crippen molar-refractivity contribution < 1.29 is 4.74 Å². The number of halogens is 1. The van der Waals surface area contributed by atoms with Crippen LogP contribution in [-0.2, 0) is 5.75 Å². The molecule has 1 heterocycles. The van der Waals surface area contributed by atoms with E-state index in [1.54, 1.807) is 11.8 Å². The predicted octanol–water partition coefficient (Wildman–Crippen LogP) is 7.63. The smallest absolute Gasteiger partial charge is 0.119 e. The lowest BCUT2D eigenvalue weighted by Crippen LogP contribution is -1.97. The number of nitriles is 1. The van der Waals surface area contributed by atoms with E-state index in [-0.39, 0.29) is 0 Å². The molecule has 3 aromatic carbocycles. The van der Waals surface area contributed by atoms with Crippen molar-refractivity contribution in [2.45, 2.75) is 17.7 Å². The molecular formula is C27H21ClN2OS. The Balaban J connectivity index is 1.77. The highest BCUT2D eigenvalue weighted by Gasteiger charge is 2.16. The first-order valence-corrected chi connectivity index (χ1v) is 11.7. The molecule has 0 amide bonds. The van der Waals surface area contributed by atoms with Gasteiger partial charge in [-0.3, -0.25) is 0 Å². The molecule has 5 heteroatoms. The second-order valence-electron chi connectivity index (χ2n) is 7.09. The van der Waals surface area contributed by atoms with Gasteiger partial charge in [-0.2, -0.15) is 5.26 Å². The molecule has 32 heavy (non-hydrogen) atoms. The number of rotatable bonds is 7. The quantitative estimate of drug-likeness (QED) is 0.268. The molecule has 0 atom stereocenters. The summed E-state index contributed by atoms with van der Waals surface area (Å²) in [6, 6.07) is 30.0. The van der Waals surface area contributed by atoms with Crippen LogP contribution in [0.15, 0.2) is 90.0 Å². The van der Waals surface area contributed by atoms with Gasteiger partial charge in [-0.05, 0) is 60.5 Å². The first-order chi connectivity index (χ1) is 15.7. The molecular weight excluding hydrogens is 436 g/mol. The van der Waals surface area contributed by atoms with Crippen molar-refractivity contribution in [3.8, 4) is 34.2 Å². The van der Waals surface area contributed by atoms with Gasteiger partial charge >= 0.3 is 0 Å². The summed E-state index contributed by atoms with van der Waals surface area (Å²) < 4.78 is 5.57. The van der Waals surface area contributed by atoms with Gasteiger partial charge in [0.1, 0.15) is 16.8 Å². The van der Waals surface area contributed by atoms with Crippen LogP contribution >= 0.6 is 23.4 Å². The molecule has 0 unspecified atom stereocenters. The molecule has 0 spiro atoms. The van der Waals surface area contributed by atoms with Crippen molar-refractivity contribution in [1.82, 2.24) is 4.98 Å². The first kappa shape index (κ1) is 22.0. The fourth-order valence-corrected chi connectivity index (χ4v) is 4.43. The zero-order chi connectivity index (χ0) is 22.3. The molecule has 0 saturated heterocycles. The molecule has 0 aliphatic heterocycles. The van der Waals surface area contributed by atoms with E-state index in [4.69, 9.17) is 21.3 Å². The van der Waals surface area contributed by atoms with Crippen LogP contribution in [0.4, 0.5) is 0 Å².